The fraction of sp³-hybridized carbons (Fsp3) is 0.414. The fourth-order valence-corrected chi connectivity index (χ4v) is 6.30. The van der Waals surface area contributed by atoms with E-state index in [0.29, 0.717) is 37.6 Å². The van der Waals surface area contributed by atoms with Gasteiger partial charge in [0.1, 0.15) is 10.6 Å². The van der Waals surface area contributed by atoms with Crippen LogP contribution in [0.5, 0.6) is 11.6 Å². The molecule has 11 nitrogen and oxygen atoms in total. The van der Waals surface area contributed by atoms with Crippen LogP contribution >= 0.6 is 0 Å². The van der Waals surface area contributed by atoms with Crippen molar-refractivity contribution in [3.8, 4) is 17.3 Å². The highest BCUT2D eigenvalue weighted by molar-refractivity contribution is 7.89. The van der Waals surface area contributed by atoms with Gasteiger partial charge < -0.3 is 20.1 Å². The topological polar surface area (TPSA) is 134 Å². The highest BCUT2D eigenvalue weighted by Gasteiger charge is 2.32. The van der Waals surface area contributed by atoms with E-state index >= 15 is 0 Å². The Balaban J connectivity index is 1.84. The molecule has 220 valence electrons. The van der Waals surface area contributed by atoms with Crippen molar-refractivity contribution < 1.29 is 27.9 Å². The molecule has 0 spiro atoms. The van der Waals surface area contributed by atoms with Crippen LogP contribution in [0.3, 0.4) is 0 Å². The Morgan fingerprint density at radius 1 is 1.05 bits per heavy atom. The van der Waals surface area contributed by atoms with Crippen molar-refractivity contribution in [2.24, 2.45) is 5.92 Å². The zero-order valence-electron chi connectivity index (χ0n) is 24.3. The molecule has 1 fully saturated rings. The van der Waals surface area contributed by atoms with Crippen molar-refractivity contribution in [3.63, 3.8) is 0 Å². The number of sulfonamides is 1. The van der Waals surface area contributed by atoms with Gasteiger partial charge in [-0.15, -0.1) is 0 Å². The minimum absolute atomic E-state index is 0.00302. The fourth-order valence-electron chi connectivity index (χ4n) is 4.74. The van der Waals surface area contributed by atoms with Gasteiger partial charge in [-0.05, 0) is 63.6 Å². The van der Waals surface area contributed by atoms with Gasteiger partial charge in [-0.2, -0.15) is 14.1 Å². The Labute approximate surface area is 240 Å². The molecule has 2 aromatic carbocycles. The number of aryl methyl sites for hydroxylation is 2. The van der Waals surface area contributed by atoms with E-state index in [-0.39, 0.29) is 46.0 Å². The normalized spacial score (nSPS) is 14.8. The summed E-state index contributed by atoms with van der Waals surface area (Å²) in [5, 5.41) is 16.9. The van der Waals surface area contributed by atoms with Crippen LogP contribution in [0.25, 0.3) is 5.69 Å². The Kier molecular flexibility index (Phi) is 8.86. The van der Waals surface area contributed by atoms with E-state index in [4.69, 9.17) is 4.74 Å². The molecule has 4 rings (SSSR count). The highest BCUT2D eigenvalue weighted by Crippen LogP contribution is 2.37. The molecule has 0 bridgehead atoms. The van der Waals surface area contributed by atoms with Crippen LogP contribution in [-0.4, -0.2) is 77.6 Å². The van der Waals surface area contributed by atoms with Crippen molar-refractivity contribution in [2.45, 2.75) is 45.9 Å². The number of carbonyl (C=O) groups is 2. The van der Waals surface area contributed by atoms with Crippen LogP contribution in [0.4, 0.5) is 5.69 Å². The van der Waals surface area contributed by atoms with Gasteiger partial charge in [0.2, 0.25) is 21.8 Å². The summed E-state index contributed by atoms with van der Waals surface area (Å²) in [5.41, 5.74) is 2.81. The Morgan fingerprint density at radius 2 is 1.73 bits per heavy atom. The van der Waals surface area contributed by atoms with Gasteiger partial charge in [0, 0.05) is 43.9 Å². The van der Waals surface area contributed by atoms with Crippen LogP contribution in [0, 0.1) is 26.7 Å². The standard InChI is InChI=1S/C29H37N5O6S/c1-18(2)15-26(35)30-22-8-10-24(25(17-22)41(38,39)33-13-11-32(6)12-14-33)40-28-21(5)27(29(36)37)31-34(28)23-9-7-19(3)16-20(23)4/h7-10,16-18H,11-15H2,1-6H3,(H,30,35)(H,36,37). The van der Waals surface area contributed by atoms with Gasteiger partial charge in [0.05, 0.1) is 5.69 Å². The molecule has 0 saturated carbocycles. The lowest BCUT2D eigenvalue weighted by Gasteiger charge is -2.32. The molecule has 1 aliphatic heterocycles. The third kappa shape index (κ3) is 6.61. The van der Waals surface area contributed by atoms with E-state index in [1.54, 1.807) is 13.0 Å². The lowest BCUT2D eigenvalue weighted by Crippen LogP contribution is -2.47. The molecule has 1 saturated heterocycles. The van der Waals surface area contributed by atoms with E-state index in [1.165, 1.54) is 21.1 Å². The van der Waals surface area contributed by atoms with Crippen molar-refractivity contribution in [2.75, 3.05) is 38.5 Å². The molecule has 1 amide bonds. The summed E-state index contributed by atoms with van der Waals surface area (Å²) in [7, 11) is -2.12. The first-order valence-electron chi connectivity index (χ1n) is 13.5. The second-order valence-electron chi connectivity index (χ2n) is 10.9. The summed E-state index contributed by atoms with van der Waals surface area (Å²) >= 11 is 0. The number of likely N-dealkylation sites (N-methyl/N-ethyl adjacent to an activating group) is 1. The molecule has 0 aliphatic carbocycles. The minimum Gasteiger partial charge on any atom is -0.476 e. The first-order chi connectivity index (χ1) is 19.3. The summed E-state index contributed by atoms with van der Waals surface area (Å²) in [6.45, 7) is 11.0. The Bertz CT molecular complexity index is 1570. The SMILES string of the molecule is Cc1ccc(-n2nc(C(=O)O)c(C)c2Oc2ccc(NC(=O)CC(C)C)cc2S(=O)(=O)N2CCN(C)CC2)c(C)c1. The van der Waals surface area contributed by atoms with Crippen molar-refractivity contribution >= 4 is 27.6 Å². The number of hydrogen-bond acceptors (Lipinski definition) is 7. The molecule has 0 unspecified atom stereocenters. The Hall–Kier alpha value is -3.74. The maximum Gasteiger partial charge on any atom is 0.356 e. The number of piperazine rings is 1. The zero-order chi connectivity index (χ0) is 30.1. The summed E-state index contributed by atoms with van der Waals surface area (Å²) in [6.07, 6.45) is 0.283. The number of carboxylic acid groups (broad SMARTS) is 1. The summed E-state index contributed by atoms with van der Waals surface area (Å²) in [6, 6.07) is 10.1. The number of amides is 1. The Morgan fingerprint density at radius 3 is 2.34 bits per heavy atom. The zero-order valence-corrected chi connectivity index (χ0v) is 25.1. The molecular weight excluding hydrogens is 546 g/mol. The number of carboxylic acids is 1. The molecule has 12 heteroatoms. The first-order valence-corrected chi connectivity index (χ1v) is 14.9. The van der Waals surface area contributed by atoms with Crippen LogP contribution in [0.1, 0.15) is 47.4 Å². The van der Waals surface area contributed by atoms with Gasteiger partial charge in [-0.1, -0.05) is 31.5 Å². The number of nitrogens with zero attached hydrogens (tertiary/aromatic N) is 4. The van der Waals surface area contributed by atoms with Crippen LogP contribution in [-0.2, 0) is 14.8 Å². The molecule has 0 radical (unpaired) electrons. The number of hydrogen-bond donors (Lipinski definition) is 2. The van der Waals surface area contributed by atoms with E-state index < -0.39 is 16.0 Å². The predicted octanol–water partition coefficient (Wildman–Crippen LogP) is 4.21. The van der Waals surface area contributed by atoms with E-state index in [0.717, 1.165) is 11.1 Å². The van der Waals surface area contributed by atoms with Crippen LogP contribution in [0.15, 0.2) is 41.3 Å². The number of ether oxygens (including phenoxy) is 1. The molecule has 0 atom stereocenters. The second kappa shape index (κ2) is 12.0. The minimum atomic E-state index is -4.05. The monoisotopic (exact) mass is 583 g/mol. The molecule has 41 heavy (non-hydrogen) atoms. The number of aromatic nitrogens is 2. The third-order valence-corrected chi connectivity index (χ3v) is 8.88. The number of anilines is 1. The maximum absolute atomic E-state index is 14.0. The number of nitrogens with one attached hydrogen (secondary N) is 1. The molecular formula is C29H37N5O6S. The van der Waals surface area contributed by atoms with Crippen molar-refractivity contribution in [1.29, 1.82) is 0 Å². The van der Waals surface area contributed by atoms with E-state index in [2.05, 4.69) is 10.4 Å². The van der Waals surface area contributed by atoms with Gasteiger partial charge in [-0.25, -0.2) is 13.2 Å². The maximum atomic E-state index is 14.0. The lowest BCUT2D eigenvalue weighted by molar-refractivity contribution is -0.116. The average Bonchev–Trinajstić information content (AvgIpc) is 3.20. The summed E-state index contributed by atoms with van der Waals surface area (Å²) < 4.78 is 37.0. The quantitative estimate of drug-likeness (QED) is 0.383. The van der Waals surface area contributed by atoms with Gasteiger partial charge in [0.25, 0.3) is 0 Å². The number of rotatable bonds is 9. The molecule has 2 heterocycles. The number of carbonyl (C=O) groups excluding carboxylic acids is 1. The molecule has 1 aromatic heterocycles. The lowest BCUT2D eigenvalue weighted by atomic mass is 10.1. The van der Waals surface area contributed by atoms with Crippen LogP contribution in [0.2, 0.25) is 0 Å². The van der Waals surface area contributed by atoms with E-state index in [1.807, 2.05) is 57.8 Å². The summed E-state index contributed by atoms with van der Waals surface area (Å²) in [4.78, 5) is 26.4. The van der Waals surface area contributed by atoms with Gasteiger partial charge in [-0.3, -0.25) is 4.79 Å². The number of benzene rings is 2. The number of aromatic carboxylic acids is 1. The first kappa shape index (κ1) is 30.2. The smallest absolute Gasteiger partial charge is 0.356 e. The van der Waals surface area contributed by atoms with E-state index in [9.17, 15) is 23.1 Å². The molecule has 3 aromatic rings. The van der Waals surface area contributed by atoms with Crippen molar-refractivity contribution in [1.82, 2.24) is 19.0 Å². The van der Waals surface area contributed by atoms with Crippen molar-refractivity contribution in [3.05, 3.63) is 58.8 Å². The third-order valence-electron chi connectivity index (χ3n) is 6.96. The molecule has 1 aliphatic rings. The summed E-state index contributed by atoms with van der Waals surface area (Å²) in [5.74, 6) is -1.25. The predicted molar refractivity (Wildman–Crippen MR) is 156 cm³/mol. The highest BCUT2D eigenvalue weighted by atomic mass is 32.2. The van der Waals surface area contributed by atoms with Crippen LogP contribution < -0.4 is 10.1 Å². The van der Waals surface area contributed by atoms with Gasteiger partial charge >= 0.3 is 5.97 Å². The van der Waals surface area contributed by atoms with Gasteiger partial charge in [0.15, 0.2) is 5.69 Å². The molecule has 2 N–H and O–H groups in total. The largest absolute Gasteiger partial charge is 0.476 e. The average molecular weight is 584 g/mol. The second-order valence-corrected chi connectivity index (χ2v) is 12.8.